The predicted octanol–water partition coefficient (Wildman–Crippen LogP) is 5.55. The highest BCUT2D eigenvalue weighted by Gasteiger charge is 2.27. The van der Waals surface area contributed by atoms with Crippen molar-refractivity contribution in [3.63, 3.8) is 0 Å². The monoisotopic (exact) mass is 439 g/mol. The molecule has 1 amide bonds. The van der Waals surface area contributed by atoms with E-state index in [9.17, 15) is 9.59 Å². The zero-order valence-electron chi connectivity index (χ0n) is 19.3. The number of hydrogen-bond donors (Lipinski definition) is 2. The van der Waals surface area contributed by atoms with Crippen LogP contribution in [0.1, 0.15) is 75.3 Å². The van der Waals surface area contributed by atoms with Crippen molar-refractivity contribution in [1.82, 2.24) is 10.3 Å². The number of esters is 1. The molecular weight excluding hydrogens is 406 g/mol. The number of para-hydroxylation sites is 1. The molecule has 0 atom stereocenters. The van der Waals surface area contributed by atoms with E-state index in [1.54, 1.807) is 13.0 Å². The standard InChI is InChI=1S/C25H33N3O4/c1-5-31-23(29)20-15-16-21(28-22(20)26-18-9-7-6-8-10-18)17-11-13-19(14-12-17)27-24(30)32-25(2,3)4/h6-10,15-17,19H,5,11-14H2,1-4H3,(H,26,28)(H,27,30)/t17-,19+. The first kappa shape index (κ1) is 23.6. The van der Waals surface area contributed by atoms with Crippen LogP contribution in [0.25, 0.3) is 0 Å². The fraction of sp³-hybridized carbons (Fsp3) is 0.480. The molecule has 3 rings (SSSR count). The van der Waals surface area contributed by atoms with Gasteiger partial charge in [-0.3, -0.25) is 0 Å². The maximum Gasteiger partial charge on any atom is 0.407 e. The average Bonchev–Trinajstić information content (AvgIpc) is 2.74. The minimum Gasteiger partial charge on any atom is -0.462 e. The number of carbonyl (C=O) groups excluding carboxylic acids is 2. The van der Waals surface area contributed by atoms with Crippen molar-refractivity contribution in [2.75, 3.05) is 11.9 Å². The number of nitrogens with zero attached hydrogens (tertiary/aromatic N) is 1. The van der Waals surface area contributed by atoms with Gasteiger partial charge in [0.1, 0.15) is 17.0 Å². The van der Waals surface area contributed by atoms with Crippen LogP contribution in [0, 0.1) is 0 Å². The smallest absolute Gasteiger partial charge is 0.407 e. The Bertz CT molecular complexity index is 917. The summed E-state index contributed by atoms with van der Waals surface area (Å²) in [6.07, 6.45) is 3.14. The fourth-order valence-electron chi connectivity index (χ4n) is 3.84. The summed E-state index contributed by atoms with van der Waals surface area (Å²) < 4.78 is 10.6. The second-order valence-electron chi connectivity index (χ2n) is 9.04. The number of anilines is 2. The average molecular weight is 440 g/mol. The number of hydrogen-bond acceptors (Lipinski definition) is 6. The Labute approximate surface area is 189 Å². The van der Waals surface area contributed by atoms with Gasteiger partial charge in [-0.05, 0) is 77.6 Å². The van der Waals surface area contributed by atoms with E-state index in [2.05, 4.69) is 10.6 Å². The molecule has 1 aromatic carbocycles. The third-order valence-corrected chi connectivity index (χ3v) is 5.31. The molecule has 1 aliphatic carbocycles. The molecule has 0 bridgehead atoms. The van der Waals surface area contributed by atoms with Gasteiger partial charge in [0.25, 0.3) is 0 Å². The van der Waals surface area contributed by atoms with Gasteiger partial charge in [-0.1, -0.05) is 18.2 Å². The number of benzene rings is 1. The molecule has 32 heavy (non-hydrogen) atoms. The highest BCUT2D eigenvalue weighted by molar-refractivity contribution is 5.95. The first-order valence-corrected chi connectivity index (χ1v) is 11.2. The lowest BCUT2D eigenvalue weighted by Gasteiger charge is -2.30. The summed E-state index contributed by atoms with van der Waals surface area (Å²) in [5.41, 5.74) is 1.70. The third-order valence-electron chi connectivity index (χ3n) is 5.31. The number of alkyl carbamates (subject to hydrolysis) is 1. The summed E-state index contributed by atoms with van der Waals surface area (Å²) in [6.45, 7) is 7.66. The van der Waals surface area contributed by atoms with Gasteiger partial charge >= 0.3 is 12.1 Å². The maximum atomic E-state index is 12.4. The number of rotatable bonds is 6. The van der Waals surface area contributed by atoms with Crippen molar-refractivity contribution >= 4 is 23.6 Å². The Kier molecular flexibility index (Phi) is 7.72. The normalized spacial score (nSPS) is 18.5. The van der Waals surface area contributed by atoms with E-state index >= 15 is 0 Å². The lowest BCUT2D eigenvalue weighted by Crippen LogP contribution is -2.40. The van der Waals surface area contributed by atoms with Crippen molar-refractivity contribution < 1.29 is 19.1 Å². The Morgan fingerprint density at radius 1 is 1.03 bits per heavy atom. The number of carbonyl (C=O) groups is 2. The molecule has 0 unspecified atom stereocenters. The van der Waals surface area contributed by atoms with Gasteiger partial charge in [0.05, 0.1) is 6.61 Å². The van der Waals surface area contributed by atoms with Gasteiger partial charge in [0, 0.05) is 23.3 Å². The molecule has 0 aliphatic heterocycles. The predicted molar refractivity (Wildman–Crippen MR) is 124 cm³/mol. The summed E-state index contributed by atoms with van der Waals surface area (Å²) in [7, 11) is 0. The SMILES string of the molecule is CCOC(=O)c1ccc([C@H]2CC[C@@H](NC(=O)OC(C)(C)C)CC2)nc1Nc1ccccc1. The quantitative estimate of drug-likeness (QED) is 0.573. The summed E-state index contributed by atoms with van der Waals surface area (Å²) in [5, 5.41) is 6.24. The number of aromatic nitrogens is 1. The molecule has 2 aromatic rings. The minimum atomic E-state index is -0.506. The Morgan fingerprint density at radius 3 is 2.34 bits per heavy atom. The molecule has 7 heteroatoms. The van der Waals surface area contributed by atoms with E-state index in [4.69, 9.17) is 14.5 Å². The van der Waals surface area contributed by atoms with Gasteiger partial charge in [0.15, 0.2) is 0 Å². The van der Waals surface area contributed by atoms with Gasteiger partial charge in [-0.15, -0.1) is 0 Å². The summed E-state index contributed by atoms with van der Waals surface area (Å²) in [5.74, 6) is 0.371. The van der Waals surface area contributed by atoms with Crippen LogP contribution >= 0.6 is 0 Å². The van der Waals surface area contributed by atoms with Crippen molar-refractivity contribution in [1.29, 1.82) is 0 Å². The molecular formula is C25H33N3O4. The number of nitrogens with one attached hydrogen (secondary N) is 2. The van der Waals surface area contributed by atoms with Crippen LogP contribution in [0.3, 0.4) is 0 Å². The van der Waals surface area contributed by atoms with Crippen molar-refractivity contribution in [2.24, 2.45) is 0 Å². The van der Waals surface area contributed by atoms with E-state index in [1.807, 2.05) is 57.2 Å². The molecule has 1 saturated carbocycles. The first-order valence-electron chi connectivity index (χ1n) is 11.2. The topological polar surface area (TPSA) is 89.5 Å². The largest absolute Gasteiger partial charge is 0.462 e. The Hall–Kier alpha value is -3.09. The van der Waals surface area contributed by atoms with Crippen molar-refractivity contribution in [3.05, 3.63) is 53.7 Å². The van der Waals surface area contributed by atoms with Crippen LogP contribution in [0.4, 0.5) is 16.3 Å². The van der Waals surface area contributed by atoms with Crippen LogP contribution in [0.5, 0.6) is 0 Å². The van der Waals surface area contributed by atoms with Gasteiger partial charge < -0.3 is 20.1 Å². The molecule has 2 N–H and O–H groups in total. The molecule has 1 fully saturated rings. The summed E-state index contributed by atoms with van der Waals surface area (Å²) in [4.78, 5) is 29.3. The van der Waals surface area contributed by atoms with Gasteiger partial charge in [0.2, 0.25) is 0 Å². The summed E-state index contributed by atoms with van der Waals surface area (Å²) >= 11 is 0. The van der Waals surface area contributed by atoms with Crippen LogP contribution in [-0.4, -0.2) is 35.3 Å². The van der Waals surface area contributed by atoms with Crippen molar-refractivity contribution in [3.8, 4) is 0 Å². The fourth-order valence-corrected chi connectivity index (χ4v) is 3.84. The van der Waals surface area contributed by atoms with E-state index in [-0.39, 0.29) is 18.1 Å². The van der Waals surface area contributed by atoms with E-state index < -0.39 is 11.6 Å². The highest BCUT2D eigenvalue weighted by atomic mass is 16.6. The van der Waals surface area contributed by atoms with E-state index in [0.717, 1.165) is 37.1 Å². The van der Waals surface area contributed by atoms with Crippen LogP contribution in [0.2, 0.25) is 0 Å². The van der Waals surface area contributed by atoms with Gasteiger partial charge in [-0.2, -0.15) is 0 Å². The van der Waals surface area contributed by atoms with Crippen LogP contribution in [0.15, 0.2) is 42.5 Å². The number of amides is 1. The molecule has 1 aliphatic rings. The molecule has 0 spiro atoms. The zero-order chi connectivity index (χ0) is 23.1. The molecule has 0 saturated heterocycles. The second kappa shape index (κ2) is 10.5. The minimum absolute atomic E-state index is 0.0989. The lowest BCUT2D eigenvalue weighted by atomic mass is 9.84. The lowest BCUT2D eigenvalue weighted by molar-refractivity contribution is 0.0488. The van der Waals surface area contributed by atoms with E-state index in [1.165, 1.54) is 0 Å². The van der Waals surface area contributed by atoms with E-state index in [0.29, 0.717) is 18.0 Å². The van der Waals surface area contributed by atoms with Crippen molar-refractivity contribution in [2.45, 2.75) is 70.9 Å². The number of ether oxygens (including phenoxy) is 2. The van der Waals surface area contributed by atoms with Gasteiger partial charge in [-0.25, -0.2) is 14.6 Å². The second-order valence-corrected chi connectivity index (χ2v) is 9.04. The number of pyridine rings is 1. The van der Waals surface area contributed by atoms with Crippen LogP contribution in [-0.2, 0) is 9.47 Å². The Morgan fingerprint density at radius 2 is 1.72 bits per heavy atom. The highest BCUT2D eigenvalue weighted by Crippen LogP contribution is 2.33. The molecule has 0 radical (unpaired) electrons. The molecule has 1 aromatic heterocycles. The molecule has 1 heterocycles. The molecule has 172 valence electrons. The first-order chi connectivity index (χ1) is 15.2. The summed E-state index contributed by atoms with van der Waals surface area (Å²) in [6, 6.07) is 13.4. The molecule has 7 nitrogen and oxygen atoms in total. The third kappa shape index (κ3) is 6.70. The zero-order valence-corrected chi connectivity index (χ0v) is 19.3. The maximum absolute atomic E-state index is 12.4. The van der Waals surface area contributed by atoms with Crippen LogP contribution < -0.4 is 10.6 Å². The Balaban J connectivity index is 1.69.